The molecule has 0 aliphatic heterocycles. The van der Waals surface area contributed by atoms with Crippen LogP contribution in [0.15, 0.2) is 0 Å². The summed E-state index contributed by atoms with van der Waals surface area (Å²) in [5.41, 5.74) is 0. The molecule has 0 heterocycles. The monoisotopic (exact) mass is 491 g/mol. The van der Waals surface area contributed by atoms with E-state index >= 15 is 0 Å². The van der Waals surface area contributed by atoms with Crippen molar-refractivity contribution in [3.8, 4) is 0 Å². The summed E-state index contributed by atoms with van der Waals surface area (Å²) in [5.74, 6) is -6.58. The minimum Gasteiger partial charge on any atom is -0.465 e. The number of carbonyl (C=O) groups is 7. The van der Waals surface area contributed by atoms with Crippen LogP contribution in [0.3, 0.4) is 0 Å². The number of nitrogens with one attached hydrogen (secondary N) is 1. The highest BCUT2D eigenvalue weighted by molar-refractivity contribution is 5.87. The average Bonchev–Trinajstić information content (AvgIpc) is 2.69. The molecule has 0 fully saturated rings. The molecule has 0 aromatic rings. The number of hydrogen-bond acceptors (Lipinski definition) is 13. The van der Waals surface area contributed by atoms with Crippen LogP contribution in [0, 0.1) is 0 Å². The minimum absolute atomic E-state index is 0.0346. The molecule has 0 aromatic carbocycles. The molecule has 0 rings (SSSR count). The highest BCUT2D eigenvalue weighted by Crippen LogP contribution is 2.20. The molecule has 0 aromatic heterocycles. The Kier molecular flexibility index (Phi) is 13.5. The van der Waals surface area contributed by atoms with Crippen molar-refractivity contribution in [3.05, 3.63) is 0 Å². The molecule has 1 amide bonds. The van der Waals surface area contributed by atoms with Crippen LogP contribution in [0.2, 0.25) is 0 Å². The highest BCUT2D eigenvalue weighted by atomic mass is 16.6. The third-order valence-electron chi connectivity index (χ3n) is 3.62. The van der Waals surface area contributed by atoms with E-state index in [4.69, 9.17) is 28.4 Å². The van der Waals surface area contributed by atoms with Gasteiger partial charge in [0.2, 0.25) is 6.10 Å². The Morgan fingerprint density at radius 1 is 0.647 bits per heavy atom. The van der Waals surface area contributed by atoms with Gasteiger partial charge in [0.15, 0.2) is 18.3 Å². The van der Waals surface area contributed by atoms with E-state index in [1.807, 2.05) is 0 Å². The maximum absolute atomic E-state index is 12.8. The molecule has 0 bridgehead atoms. The van der Waals surface area contributed by atoms with Crippen LogP contribution in [0.4, 0.5) is 0 Å². The van der Waals surface area contributed by atoms with E-state index in [1.54, 1.807) is 6.92 Å². The molecule has 0 aliphatic rings. The van der Waals surface area contributed by atoms with E-state index < -0.39 is 79.3 Å². The number of hydrogen-bond donors (Lipinski definition) is 1. The predicted octanol–water partition coefficient (Wildman–Crippen LogP) is -1.04. The maximum atomic E-state index is 12.8. The van der Waals surface area contributed by atoms with Gasteiger partial charge in [-0.3, -0.25) is 33.6 Å². The SMILES string of the molecule is CCOC(=O)CNC(=O)C(OC(C)=O)C(OC(C)=O)C(OC(C)=O)C(COC(C)=O)OC(C)=O. The number of esters is 6. The number of carbonyl (C=O) groups excluding carboxylic acids is 7. The molecule has 34 heavy (non-hydrogen) atoms. The fraction of sp³-hybridized carbons (Fsp3) is 0.650. The van der Waals surface area contributed by atoms with Gasteiger partial charge >= 0.3 is 35.8 Å². The van der Waals surface area contributed by atoms with Crippen LogP contribution in [0.25, 0.3) is 0 Å². The standard InChI is InChI=1S/C20H29NO13/c1-7-29-16(27)8-21-20(28)19(34-14(6)26)18(33-13(5)25)17(32-12(4)24)15(31-11(3)23)9-30-10(2)22/h15,17-19H,7-9H2,1-6H3,(H,21,28). The third kappa shape index (κ3) is 12.4. The molecule has 0 saturated carbocycles. The van der Waals surface area contributed by atoms with Crippen LogP contribution < -0.4 is 5.32 Å². The molecule has 0 saturated heterocycles. The summed E-state index contributed by atoms with van der Waals surface area (Å²) < 4.78 is 29.8. The summed E-state index contributed by atoms with van der Waals surface area (Å²) in [7, 11) is 0. The van der Waals surface area contributed by atoms with Gasteiger partial charge in [-0.05, 0) is 6.92 Å². The van der Waals surface area contributed by atoms with E-state index in [9.17, 15) is 33.6 Å². The predicted molar refractivity (Wildman–Crippen MR) is 108 cm³/mol. The van der Waals surface area contributed by atoms with Crippen LogP contribution in [0.5, 0.6) is 0 Å². The highest BCUT2D eigenvalue weighted by Gasteiger charge is 2.47. The van der Waals surface area contributed by atoms with E-state index in [-0.39, 0.29) is 6.61 Å². The zero-order valence-electron chi connectivity index (χ0n) is 19.7. The second kappa shape index (κ2) is 15.2. The smallest absolute Gasteiger partial charge is 0.325 e. The van der Waals surface area contributed by atoms with Gasteiger partial charge in [-0.15, -0.1) is 0 Å². The molecular formula is C20H29NO13. The molecule has 4 atom stereocenters. The summed E-state index contributed by atoms with van der Waals surface area (Å²) in [6.07, 6.45) is -7.21. The molecule has 1 N–H and O–H groups in total. The zero-order chi connectivity index (χ0) is 26.4. The lowest BCUT2D eigenvalue weighted by Crippen LogP contribution is -2.57. The summed E-state index contributed by atoms with van der Waals surface area (Å²) >= 11 is 0. The maximum Gasteiger partial charge on any atom is 0.325 e. The van der Waals surface area contributed by atoms with Gasteiger partial charge in [0.05, 0.1) is 6.61 Å². The van der Waals surface area contributed by atoms with Crippen molar-refractivity contribution in [1.82, 2.24) is 5.32 Å². The summed E-state index contributed by atoms with van der Waals surface area (Å²) in [5, 5.41) is 2.15. The fourth-order valence-electron chi connectivity index (χ4n) is 2.57. The van der Waals surface area contributed by atoms with Gasteiger partial charge in [-0.2, -0.15) is 0 Å². The topological polar surface area (TPSA) is 187 Å². The van der Waals surface area contributed by atoms with Gasteiger partial charge in [-0.1, -0.05) is 0 Å². The van der Waals surface area contributed by atoms with E-state index in [0.717, 1.165) is 34.6 Å². The molecule has 4 unspecified atom stereocenters. The Hall–Kier alpha value is -3.71. The Bertz CT molecular complexity index is 778. The Morgan fingerprint density at radius 2 is 1.15 bits per heavy atom. The third-order valence-corrected chi connectivity index (χ3v) is 3.62. The number of rotatable bonds is 13. The van der Waals surface area contributed by atoms with Gasteiger partial charge in [0.25, 0.3) is 5.91 Å². The zero-order valence-corrected chi connectivity index (χ0v) is 19.7. The first kappa shape index (κ1) is 30.3. The van der Waals surface area contributed by atoms with E-state index in [0.29, 0.717) is 0 Å². The van der Waals surface area contributed by atoms with Crippen molar-refractivity contribution >= 4 is 41.7 Å². The molecule has 0 spiro atoms. The van der Waals surface area contributed by atoms with Gasteiger partial charge in [0.1, 0.15) is 13.2 Å². The van der Waals surface area contributed by atoms with Crippen LogP contribution >= 0.6 is 0 Å². The van der Waals surface area contributed by atoms with Crippen molar-refractivity contribution in [2.24, 2.45) is 0 Å². The van der Waals surface area contributed by atoms with E-state index in [1.165, 1.54) is 0 Å². The lowest BCUT2D eigenvalue weighted by molar-refractivity contribution is -0.203. The Morgan fingerprint density at radius 3 is 1.59 bits per heavy atom. The quantitative estimate of drug-likeness (QED) is 0.243. The Labute approximate surface area is 195 Å². The summed E-state index contributed by atoms with van der Waals surface area (Å²) in [4.78, 5) is 82.6. The van der Waals surface area contributed by atoms with E-state index in [2.05, 4.69) is 5.32 Å². The first-order chi connectivity index (χ1) is 15.8. The van der Waals surface area contributed by atoms with Gasteiger partial charge in [-0.25, -0.2) is 0 Å². The fourth-order valence-corrected chi connectivity index (χ4v) is 2.57. The molecule has 0 radical (unpaired) electrons. The second-order valence-electron chi connectivity index (χ2n) is 6.65. The van der Waals surface area contributed by atoms with Crippen molar-refractivity contribution in [2.45, 2.75) is 66.0 Å². The molecule has 14 heteroatoms. The number of amides is 1. The van der Waals surface area contributed by atoms with Crippen molar-refractivity contribution in [1.29, 1.82) is 0 Å². The second-order valence-corrected chi connectivity index (χ2v) is 6.65. The summed E-state index contributed by atoms with van der Waals surface area (Å²) in [6, 6.07) is 0. The van der Waals surface area contributed by atoms with Crippen LogP contribution in [0.1, 0.15) is 41.5 Å². The van der Waals surface area contributed by atoms with Crippen molar-refractivity contribution < 1.29 is 62.0 Å². The first-order valence-electron chi connectivity index (χ1n) is 10.0. The van der Waals surface area contributed by atoms with Gasteiger partial charge < -0.3 is 33.7 Å². The Balaban J connectivity index is 6.35. The molecule has 0 aliphatic carbocycles. The average molecular weight is 491 g/mol. The van der Waals surface area contributed by atoms with Gasteiger partial charge in [0, 0.05) is 34.6 Å². The lowest BCUT2D eigenvalue weighted by atomic mass is 10.0. The first-order valence-corrected chi connectivity index (χ1v) is 10.0. The van der Waals surface area contributed by atoms with Crippen LogP contribution in [-0.4, -0.2) is 85.9 Å². The van der Waals surface area contributed by atoms with Crippen molar-refractivity contribution in [2.75, 3.05) is 19.8 Å². The number of ether oxygens (including phenoxy) is 6. The molecule has 192 valence electrons. The largest absolute Gasteiger partial charge is 0.465 e. The minimum atomic E-state index is -1.98. The summed E-state index contributed by atoms with van der Waals surface area (Å²) in [6.45, 7) is 5.20. The van der Waals surface area contributed by atoms with Crippen molar-refractivity contribution in [3.63, 3.8) is 0 Å². The molecule has 14 nitrogen and oxygen atoms in total. The molecular weight excluding hydrogens is 462 g/mol. The van der Waals surface area contributed by atoms with Crippen LogP contribution in [-0.2, 0) is 62.0 Å². The normalized spacial score (nSPS) is 13.7. The lowest BCUT2D eigenvalue weighted by Gasteiger charge is -2.34.